The standard InChI is InChI=1S/C30H25FN4O3/c31-24-10-6-23(7-11-24)28(36)26-27(22-8-12-25(13-9-22)38-20-21-4-2-1-3-5-21)35-15-14-32-29(30(35)33-26)34-16-18-37-19-17-34/h1-15H,16-20H2. The lowest BCUT2D eigenvalue weighted by Crippen LogP contribution is -2.37. The zero-order valence-corrected chi connectivity index (χ0v) is 20.6. The molecule has 0 spiro atoms. The molecule has 2 aromatic heterocycles. The highest BCUT2D eigenvalue weighted by Gasteiger charge is 2.25. The Morgan fingerprint density at radius 1 is 0.947 bits per heavy atom. The van der Waals surface area contributed by atoms with Gasteiger partial charge in [-0.05, 0) is 54.1 Å². The molecule has 0 unspecified atom stereocenters. The lowest BCUT2D eigenvalue weighted by molar-refractivity contribution is 0.103. The second-order valence-electron chi connectivity index (χ2n) is 8.99. The van der Waals surface area contributed by atoms with Crippen LogP contribution >= 0.6 is 0 Å². The molecular weight excluding hydrogens is 483 g/mol. The lowest BCUT2D eigenvalue weighted by atomic mass is 10.0. The van der Waals surface area contributed by atoms with Crippen LogP contribution in [0.5, 0.6) is 5.75 Å². The minimum atomic E-state index is -0.401. The van der Waals surface area contributed by atoms with Crippen molar-refractivity contribution in [1.29, 1.82) is 0 Å². The third kappa shape index (κ3) is 4.73. The quantitative estimate of drug-likeness (QED) is 0.282. The number of halogens is 1. The Kier molecular flexibility index (Phi) is 6.54. The summed E-state index contributed by atoms with van der Waals surface area (Å²) in [7, 11) is 0. The largest absolute Gasteiger partial charge is 0.489 e. The summed E-state index contributed by atoms with van der Waals surface area (Å²) in [6.07, 6.45) is 3.52. The highest BCUT2D eigenvalue weighted by molar-refractivity contribution is 6.12. The van der Waals surface area contributed by atoms with Crippen molar-refractivity contribution in [3.63, 3.8) is 0 Å². The molecule has 0 N–H and O–H groups in total. The maximum absolute atomic E-state index is 13.7. The van der Waals surface area contributed by atoms with Gasteiger partial charge in [0.2, 0.25) is 5.78 Å². The summed E-state index contributed by atoms with van der Waals surface area (Å²) in [6, 6.07) is 23.1. The Bertz CT molecular complexity index is 1560. The number of rotatable bonds is 7. The van der Waals surface area contributed by atoms with Gasteiger partial charge in [0.15, 0.2) is 11.5 Å². The van der Waals surface area contributed by atoms with E-state index in [0.717, 1.165) is 11.1 Å². The third-order valence-electron chi connectivity index (χ3n) is 6.53. The van der Waals surface area contributed by atoms with Crippen LogP contribution in [-0.2, 0) is 11.3 Å². The summed E-state index contributed by atoms with van der Waals surface area (Å²) in [5.41, 5.74) is 3.74. The normalized spacial score (nSPS) is 13.6. The minimum Gasteiger partial charge on any atom is -0.489 e. The first-order chi connectivity index (χ1) is 18.7. The maximum atomic E-state index is 13.7. The monoisotopic (exact) mass is 508 g/mol. The average molecular weight is 509 g/mol. The number of benzene rings is 3. The van der Waals surface area contributed by atoms with Crippen molar-refractivity contribution in [2.75, 3.05) is 31.2 Å². The Morgan fingerprint density at radius 2 is 1.68 bits per heavy atom. The van der Waals surface area contributed by atoms with Crippen molar-refractivity contribution in [2.24, 2.45) is 0 Å². The molecule has 1 saturated heterocycles. The molecule has 0 aliphatic carbocycles. The number of ether oxygens (including phenoxy) is 2. The molecular formula is C30H25FN4O3. The number of hydrogen-bond acceptors (Lipinski definition) is 6. The number of nitrogens with zero attached hydrogens (tertiary/aromatic N) is 4. The van der Waals surface area contributed by atoms with Crippen LogP contribution in [0, 0.1) is 5.82 Å². The number of fused-ring (bicyclic) bond motifs is 1. The fourth-order valence-electron chi connectivity index (χ4n) is 4.58. The average Bonchev–Trinajstić information content (AvgIpc) is 3.37. The van der Waals surface area contributed by atoms with Crippen LogP contribution in [0.3, 0.4) is 0 Å². The molecule has 0 bridgehead atoms. The molecule has 0 atom stereocenters. The molecule has 1 aliphatic heterocycles. The number of anilines is 1. The first-order valence-electron chi connectivity index (χ1n) is 12.4. The van der Waals surface area contributed by atoms with Crippen molar-refractivity contribution in [2.45, 2.75) is 6.61 Å². The molecule has 7 nitrogen and oxygen atoms in total. The van der Waals surface area contributed by atoms with E-state index in [2.05, 4.69) is 9.88 Å². The minimum absolute atomic E-state index is 0.275. The molecule has 0 saturated carbocycles. The van der Waals surface area contributed by atoms with Crippen LogP contribution in [-0.4, -0.2) is 46.5 Å². The predicted molar refractivity (Wildman–Crippen MR) is 142 cm³/mol. The van der Waals surface area contributed by atoms with Gasteiger partial charge in [0.05, 0.1) is 18.9 Å². The van der Waals surface area contributed by atoms with Crippen LogP contribution in [0.1, 0.15) is 21.6 Å². The van der Waals surface area contributed by atoms with Crippen molar-refractivity contribution in [1.82, 2.24) is 14.4 Å². The van der Waals surface area contributed by atoms with Gasteiger partial charge < -0.3 is 14.4 Å². The van der Waals surface area contributed by atoms with E-state index in [-0.39, 0.29) is 11.5 Å². The lowest BCUT2D eigenvalue weighted by Gasteiger charge is -2.27. The number of carbonyl (C=O) groups excluding carboxylic acids is 1. The van der Waals surface area contributed by atoms with Gasteiger partial charge in [-0.15, -0.1) is 0 Å². The van der Waals surface area contributed by atoms with E-state index in [1.807, 2.05) is 65.2 Å². The van der Waals surface area contributed by atoms with Gasteiger partial charge in [0.1, 0.15) is 23.9 Å². The first kappa shape index (κ1) is 23.8. The molecule has 6 rings (SSSR count). The maximum Gasteiger partial charge on any atom is 0.213 e. The van der Waals surface area contributed by atoms with Gasteiger partial charge >= 0.3 is 0 Å². The molecule has 1 fully saturated rings. The SMILES string of the molecule is O=C(c1ccc(F)cc1)c1nc2c(N3CCOCC3)nccn2c1-c1ccc(OCc2ccccc2)cc1. The van der Waals surface area contributed by atoms with Crippen LogP contribution in [0.2, 0.25) is 0 Å². The third-order valence-corrected chi connectivity index (χ3v) is 6.53. The highest BCUT2D eigenvalue weighted by atomic mass is 19.1. The van der Waals surface area contributed by atoms with E-state index < -0.39 is 5.82 Å². The van der Waals surface area contributed by atoms with Gasteiger partial charge in [0, 0.05) is 36.6 Å². The number of hydrogen-bond donors (Lipinski definition) is 0. The van der Waals surface area contributed by atoms with Crippen molar-refractivity contribution in [3.05, 3.63) is 114 Å². The second-order valence-corrected chi connectivity index (χ2v) is 8.99. The second kappa shape index (κ2) is 10.4. The number of aromatic nitrogens is 3. The molecule has 8 heteroatoms. The Hall–Kier alpha value is -4.56. The van der Waals surface area contributed by atoms with Gasteiger partial charge in [-0.1, -0.05) is 30.3 Å². The molecule has 0 amide bonds. The smallest absolute Gasteiger partial charge is 0.213 e. The molecule has 5 aromatic rings. The molecule has 190 valence electrons. The van der Waals surface area contributed by atoms with E-state index in [4.69, 9.17) is 14.5 Å². The van der Waals surface area contributed by atoms with E-state index in [1.165, 1.54) is 24.3 Å². The summed E-state index contributed by atoms with van der Waals surface area (Å²) in [4.78, 5) is 25.2. The molecule has 3 aromatic carbocycles. The summed E-state index contributed by atoms with van der Waals surface area (Å²) >= 11 is 0. The summed E-state index contributed by atoms with van der Waals surface area (Å²) < 4.78 is 26.9. The van der Waals surface area contributed by atoms with Crippen LogP contribution in [0.4, 0.5) is 10.2 Å². The van der Waals surface area contributed by atoms with Crippen LogP contribution in [0.15, 0.2) is 91.3 Å². The van der Waals surface area contributed by atoms with Crippen LogP contribution < -0.4 is 9.64 Å². The number of carbonyl (C=O) groups is 1. The van der Waals surface area contributed by atoms with Gasteiger partial charge in [-0.2, -0.15) is 0 Å². The van der Waals surface area contributed by atoms with E-state index in [0.29, 0.717) is 61.4 Å². The Balaban J connectivity index is 1.41. The van der Waals surface area contributed by atoms with E-state index >= 15 is 0 Å². The fourth-order valence-corrected chi connectivity index (χ4v) is 4.58. The molecule has 1 aliphatic rings. The Morgan fingerprint density at radius 3 is 2.42 bits per heavy atom. The van der Waals surface area contributed by atoms with Crippen LogP contribution in [0.25, 0.3) is 16.9 Å². The highest BCUT2D eigenvalue weighted by Crippen LogP contribution is 2.32. The van der Waals surface area contributed by atoms with E-state index in [1.54, 1.807) is 6.20 Å². The van der Waals surface area contributed by atoms with Gasteiger partial charge in [-0.25, -0.2) is 14.4 Å². The van der Waals surface area contributed by atoms with Crippen molar-refractivity contribution >= 4 is 17.2 Å². The predicted octanol–water partition coefficient (Wildman–Crippen LogP) is 5.18. The fraction of sp³-hybridized carbons (Fsp3) is 0.167. The van der Waals surface area contributed by atoms with Gasteiger partial charge in [-0.3, -0.25) is 9.20 Å². The zero-order valence-electron chi connectivity index (χ0n) is 20.6. The molecule has 3 heterocycles. The molecule has 0 radical (unpaired) electrons. The number of morpholine rings is 1. The summed E-state index contributed by atoms with van der Waals surface area (Å²) in [5.74, 6) is 0.717. The van der Waals surface area contributed by atoms with Gasteiger partial charge in [0.25, 0.3) is 0 Å². The number of ketones is 1. The Labute approximate surface area is 219 Å². The number of imidazole rings is 1. The first-order valence-corrected chi connectivity index (χ1v) is 12.4. The van der Waals surface area contributed by atoms with E-state index in [9.17, 15) is 9.18 Å². The molecule has 38 heavy (non-hydrogen) atoms. The summed E-state index contributed by atoms with van der Waals surface area (Å²) in [5, 5.41) is 0. The topological polar surface area (TPSA) is 69.0 Å². The van der Waals surface area contributed by atoms with Crippen molar-refractivity contribution < 1.29 is 18.7 Å². The zero-order chi connectivity index (χ0) is 25.9. The summed E-state index contributed by atoms with van der Waals surface area (Å²) in [6.45, 7) is 3.02. The van der Waals surface area contributed by atoms with Crippen molar-refractivity contribution in [3.8, 4) is 17.0 Å².